The fourth-order valence-electron chi connectivity index (χ4n) is 8.60. The SMILES string of the molecule is c1ccc(-c2cc(-c3cccc(-c4cccc(-c5ccc6c(c5)-c5ccccc5C6(c5ccccc5)c5ccccc5)c4)c3)cc(-c3ccccc3)n2)cc1. The van der Waals surface area contributed by atoms with Gasteiger partial charge < -0.3 is 0 Å². The molecule has 0 spiro atoms. The third-order valence-corrected chi connectivity index (χ3v) is 11.1. The molecule has 1 nitrogen and oxygen atoms in total. The highest BCUT2D eigenvalue weighted by molar-refractivity contribution is 5.89. The highest BCUT2D eigenvalue weighted by atomic mass is 14.7. The Bertz CT molecular complexity index is 2690. The maximum atomic E-state index is 5.11. The van der Waals surface area contributed by atoms with Gasteiger partial charge in [-0.05, 0) is 97.1 Å². The van der Waals surface area contributed by atoms with E-state index in [1.165, 1.54) is 55.6 Å². The lowest BCUT2D eigenvalue weighted by atomic mass is 9.67. The van der Waals surface area contributed by atoms with Gasteiger partial charge >= 0.3 is 0 Å². The summed E-state index contributed by atoms with van der Waals surface area (Å²) in [6.07, 6.45) is 0. The van der Waals surface area contributed by atoms with Crippen molar-refractivity contribution in [1.29, 1.82) is 0 Å². The van der Waals surface area contributed by atoms with Gasteiger partial charge in [0.25, 0.3) is 0 Å². The molecule has 8 aromatic carbocycles. The van der Waals surface area contributed by atoms with E-state index in [1.54, 1.807) is 0 Å². The summed E-state index contributed by atoms with van der Waals surface area (Å²) in [7, 11) is 0. The molecule has 1 heteroatoms. The van der Waals surface area contributed by atoms with E-state index in [9.17, 15) is 0 Å². The Hall–Kier alpha value is -7.09. The second-order valence-electron chi connectivity index (χ2n) is 14.3. The Morgan fingerprint density at radius 2 is 0.655 bits per heavy atom. The summed E-state index contributed by atoms with van der Waals surface area (Å²) >= 11 is 0. The standard InChI is InChI=1S/C54H37N/c1-5-17-38(18-6-1)52-36-45(37-53(55-52)39-19-7-2-8-20-39)43-24-16-22-41(34-43)40-21-15-23-42(33-40)44-31-32-51-49(35-44)48-29-13-14-30-50(48)54(51,46-25-9-3-10-26-46)47-27-11-4-12-28-47/h1-37H. The average Bonchev–Trinajstić information content (AvgIpc) is 3.58. The lowest BCUT2D eigenvalue weighted by Gasteiger charge is -2.33. The van der Waals surface area contributed by atoms with Crippen LogP contribution in [0.4, 0.5) is 0 Å². The number of benzene rings is 8. The van der Waals surface area contributed by atoms with Crippen LogP contribution in [0.15, 0.2) is 224 Å². The normalized spacial score (nSPS) is 12.5. The zero-order valence-electron chi connectivity index (χ0n) is 30.3. The molecule has 9 aromatic rings. The lowest BCUT2D eigenvalue weighted by molar-refractivity contribution is 0.768. The van der Waals surface area contributed by atoms with E-state index in [4.69, 9.17) is 4.98 Å². The van der Waals surface area contributed by atoms with Crippen LogP contribution < -0.4 is 0 Å². The van der Waals surface area contributed by atoms with Gasteiger partial charge in [0.15, 0.2) is 0 Å². The van der Waals surface area contributed by atoms with E-state index < -0.39 is 5.41 Å². The van der Waals surface area contributed by atoms with E-state index >= 15 is 0 Å². The van der Waals surface area contributed by atoms with Crippen molar-refractivity contribution in [3.63, 3.8) is 0 Å². The molecule has 1 aliphatic carbocycles. The highest BCUT2D eigenvalue weighted by Crippen LogP contribution is 2.56. The first kappa shape index (κ1) is 32.6. The van der Waals surface area contributed by atoms with Crippen LogP contribution in [-0.2, 0) is 5.41 Å². The Kier molecular flexibility index (Phi) is 8.12. The summed E-state index contributed by atoms with van der Waals surface area (Å²) in [4.78, 5) is 5.11. The Labute approximate surface area is 322 Å². The summed E-state index contributed by atoms with van der Waals surface area (Å²) in [6.45, 7) is 0. The number of aromatic nitrogens is 1. The van der Waals surface area contributed by atoms with E-state index in [1.807, 2.05) is 12.1 Å². The molecule has 1 aliphatic rings. The molecule has 0 N–H and O–H groups in total. The van der Waals surface area contributed by atoms with Crippen molar-refractivity contribution in [2.75, 3.05) is 0 Å². The molecule has 0 bridgehead atoms. The molecule has 10 rings (SSSR count). The summed E-state index contributed by atoms with van der Waals surface area (Å²) in [5.74, 6) is 0. The van der Waals surface area contributed by atoms with Gasteiger partial charge in [0.2, 0.25) is 0 Å². The molecule has 0 unspecified atom stereocenters. The van der Waals surface area contributed by atoms with Gasteiger partial charge in [-0.3, -0.25) is 0 Å². The molecule has 0 saturated heterocycles. The first-order chi connectivity index (χ1) is 27.3. The van der Waals surface area contributed by atoms with Crippen molar-refractivity contribution >= 4 is 0 Å². The minimum atomic E-state index is -0.400. The minimum Gasteiger partial charge on any atom is -0.248 e. The molecule has 0 aliphatic heterocycles. The Balaban J connectivity index is 1.06. The van der Waals surface area contributed by atoms with E-state index in [0.717, 1.165) is 33.6 Å². The predicted molar refractivity (Wildman–Crippen MR) is 229 cm³/mol. The molecule has 0 atom stereocenters. The number of pyridine rings is 1. The molecule has 0 fully saturated rings. The summed E-state index contributed by atoms with van der Waals surface area (Å²) in [5.41, 5.74) is 18.6. The molecule has 0 amide bonds. The number of hydrogen-bond acceptors (Lipinski definition) is 1. The smallest absolute Gasteiger partial charge is 0.0715 e. The molecule has 1 heterocycles. The first-order valence-electron chi connectivity index (χ1n) is 19.0. The predicted octanol–water partition coefficient (Wildman–Crippen LogP) is 13.8. The number of nitrogens with zero attached hydrogens (tertiary/aromatic N) is 1. The maximum Gasteiger partial charge on any atom is 0.0715 e. The third-order valence-electron chi connectivity index (χ3n) is 11.1. The van der Waals surface area contributed by atoms with Crippen LogP contribution in [0.5, 0.6) is 0 Å². The fourth-order valence-corrected chi connectivity index (χ4v) is 8.60. The molecule has 258 valence electrons. The third kappa shape index (κ3) is 5.69. The molecule has 1 aromatic heterocycles. The van der Waals surface area contributed by atoms with Crippen molar-refractivity contribution in [2.24, 2.45) is 0 Å². The minimum absolute atomic E-state index is 0.400. The maximum absolute atomic E-state index is 5.11. The summed E-state index contributed by atoms with van der Waals surface area (Å²) in [6, 6.07) is 81.2. The van der Waals surface area contributed by atoms with Gasteiger partial charge in [-0.15, -0.1) is 0 Å². The summed E-state index contributed by atoms with van der Waals surface area (Å²) < 4.78 is 0. The number of fused-ring (bicyclic) bond motifs is 3. The van der Waals surface area contributed by atoms with Crippen LogP contribution in [0.2, 0.25) is 0 Å². The Morgan fingerprint density at radius 1 is 0.255 bits per heavy atom. The van der Waals surface area contributed by atoms with E-state index in [-0.39, 0.29) is 0 Å². The zero-order chi connectivity index (χ0) is 36.6. The molecule has 0 saturated carbocycles. The van der Waals surface area contributed by atoms with E-state index in [2.05, 4.69) is 212 Å². The van der Waals surface area contributed by atoms with Crippen LogP contribution in [0.25, 0.3) is 67.0 Å². The molecular weight excluding hydrogens is 663 g/mol. The van der Waals surface area contributed by atoms with Crippen LogP contribution in [0.1, 0.15) is 22.3 Å². The molecule has 0 radical (unpaired) electrons. The van der Waals surface area contributed by atoms with Crippen LogP contribution >= 0.6 is 0 Å². The first-order valence-corrected chi connectivity index (χ1v) is 19.0. The van der Waals surface area contributed by atoms with Gasteiger partial charge in [0.05, 0.1) is 16.8 Å². The molecule has 55 heavy (non-hydrogen) atoms. The second kappa shape index (κ2) is 13.7. The topological polar surface area (TPSA) is 12.9 Å². The van der Waals surface area contributed by atoms with Gasteiger partial charge in [0.1, 0.15) is 0 Å². The van der Waals surface area contributed by atoms with Crippen LogP contribution in [0, 0.1) is 0 Å². The van der Waals surface area contributed by atoms with Crippen molar-refractivity contribution in [1.82, 2.24) is 4.98 Å². The van der Waals surface area contributed by atoms with Crippen molar-refractivity contribution in [2.45, 2.75) is 5.41 Å². The monoisotopic (exact) mass is 699 g/mol. The fraction of sp³-hybridized carbons (Fsp3) is 0.0185. The second-order valence-corrected chi connectivity index (χ2v) is 14.3. The van der Waals surface area contributed by atoms with Gasteiger partial charge in [-0.25, -0.2) is 4.98 Å². The average molecular weight is 700 g/mol. The lowest BCUT2D eigenvalue weighted by Crippen LogP contribution is -2.28. The highest BCUT2D eigenvalue weighted by Gasteiger charge is 2.45. The van der Waals surface area contributed by atoms with Crippen molar-refractivity contribution < 1.29 is 0 Å². The number of rotatable bonds is 7. The van der Waals surface area contributed by atoms with Crippen molar-refractivity contribution in [3.8, 4) is 67.0 Å². The summed E-state index contributed by atoms with van der Waals surface area (Å²) in [5, 5.41) is 0. The van der Waals surface area contributed by atoms with Crippen molar-refractivity contribution in [3.05, 3.63) is 247 Å². The Morgan fingerprint density at radius 3 is 1.18 bits per heavy atom. The molecular formula is C54H37N. The van der Waals surface area contributed by atoms with Gasteiger partial charge in [-0.2, -0.15) is 0 Å². The van der Waals surface area contributed by atoms with Crippen LogP contribution in [0.3, 0.4) is 0 Å². The number of hydrogen-bond donors (Lipinski definition) is 0. The quantitative estimate of drug-likeness (QED) is 0.161. The van der Waals surface area contributed by atoms with Crippen LogP contribution in [-0.4, -0.2) is 4.98 Å². The van der Waals surface area contributed by atoms with Gasteiger partial charge in [0, 0.05) is 11.1 Å². The van der Waals surface area contributed by atoms with Gasteiger partial charge in [-0.1, -0.05) is 194 Å². The van der Waals surface area contributed by atoms with E-state index in [0.29, 0.717) is 0 Å². The zero-order valence-corrected chi connectivity index (χ0v) is 30.3. The largest absolute Gasteiger partial charge is 0.248 e.